The molecule has 14 heavy (non-hydrogen) atoms. The fourth-order valence-electron chi connectivity index (χ4n) is 1.05. The molecular weight excluding hydrogens is 182 g/mol. The first-order chi connectivity index (χ1) is 6.77. The van der Waals surface area contributed by atoms with E-state index in [-0.39, 0.29) is 11.5 Å². The van der Waals surface area contributed by atoms with E-state index in [9.17, 15) is 4.79 Å². The van der Waals surface area contributed by atoms with E-state index < -0.39 is 0 Å². The van der Waals surface area contributed by atoms with Crippen LogP contribution in [0, 0.1) is 5.41 Å². The van der Waals surface area contributed by atoms with Crippen LogP contribution in [0.25, 0.3) is 0 Å². The monoisotopic (exact) mass is 189 g/mol. The largest absolute Gasteiger partial charge is 0.486 e. The highest BCUT2D eigenvalue weighted by molar-refractivity contribution is 5.86. The Morgan fingerprint density at radius 2 is 2.07 bits per heavy atom. The smallest absolute Gasteiger partial charge is 0.417 e. The van der Waals surface area contributed by atoms with Crippen molar-refractivity contribution < 1.29 is 14.0 Å². The fourth-order valence-corrected chi connectivity index (χ4v) is 1.05. The van der Waals surface area contributed by atoms with Crippen LogP contribution in [-0.2, 0) is 0 Å². The van der Waals surface area contributed by atoms with Gasteiger partial charge in [-0.25, -0.2) is 10.1 Å². The Balaban J connectivity index is 2.38. The summed E-state index contributed by atoms with van der Waals surface area (Å²) in [5, 5.41) is 10.5. The average Bonchev–Trinajstić information content (AvgIpc) is 2.65. The van der Waals surface area contributed by atoms with Gasteiger partial charge < -0.3 is 4.52 Å². The van der Waals surface area contributed by atoms with E-state index in [0.717, 1.165) is 4.68 Å². The van der Waals surface area contributed by atoms with E-state index >= 15 is 0 Å². The van der Waals surface area contributed by atoms with Gasteiger partial charge in [-0.3, -0.25) is 5.41 Å². The van der Waals surface area contributed by atoms with E-state index in [2.05, 4.69) is 9.79 Å². The number of hydrogen-bond acceptors (Lipinski definition) is 3. The van der Waals surface area contributed by atoms with E-state index in [1.165, 1.54) is 6.20 Å². The van der Waals surface area contributed by atoms with Crippen LogP contribution in [0.2, 0.25) is 0 Å². The van der Waals surface area contributed by atoms with Gasteiger partial charge in [-0.05, 0) is 12.1 Å². The molecule has 0 bridgehead atoms. The third-order valence-corrected chi connectivity index (χ3v) is 1.70. The minimum atomic E-state index is -0.312. The van der Waals surface area contributed by atoms with Crippen LogP contribution < -0.4 is 15.5 Å². The maximum Gasteiger partial charge on any atom is 0.417 e. The summed E-state index contributed by atoms with van der Waals surface area (Å²) in [6, 6.07) is 8.69. The number of nitrogens with one attached hydrogen (secondary N) is 1. The lowest BCUT2D eigenvalue weighted by Gasteiger charge is -1.94. The zero-order valence-electron chi connectivity index (χ0n) is 7.18. The van der Waals surface area contributed by atoms with Crippen molar-refractivity contribution in [3.05, 3.63) is 47.6 Å². The van der Waals surface area contributed by atoms with Crippen molar-refractivity contribution in [3.63, 3.8) is 0 Å². The zero-order valence-corrected chi connectivity index (χ0v) is 7.18. The Morgan fingerprint density at radius 3 is 2.64 bits per heavy atom. The first-order valence-electron chi connectivity index (χ1n) is 3.97. The lowest BCUT2D eigenvalue weighted by atomic mass is 10.2. The van der Waals surface area contributed by atoms with Crippen molar-refractivity contribution in [2.75, 3.05) is 0 Å². The van der Waals surface area contributed by atoms with Gasteiger partial charge in [0.25, 0.3) is 5.55 Å². The minimum absolute atomic E-state index is 0.144. The minimum Gasteiger partial charge on any atom is -0.486 e. The molecule has 0 aliphatic rings. The second kappa shape index (κ2) is 3.29. The molecule has 1 aromatic carbocycles. The Bertz CT molecular complexity index is 498. The summed E-state index contributed by atoms with van der Waals surface area (Å²) in [6.45, 7) is 0. The van der Waals surface area contributed by atoms with Gasteiger partial charge in [0, 0.05) is 0 Å². The number of benzene rings is 1. The van der Waals surface area contributed by atoms with Crippen LogP contribution >= 0.6 is 0 Å². The molecule has 0 fully saturated rings. The Hall–Kier alpha value is -2.17. The summed E-state index contributed by atoms with van der Waals surface area (Å²) in [7, 11) is 0. The molecule has 0 spiro atoms. The van der Waals surface area contributed by atoms with Gasteiger partial charge in [0.1, 0.15) is 0 Å². The highest BCUT2D eigenvalue weighted by Gasteiger charge is 2.13. The predicted molar refractivity (Wildman–Crippen MR) is 44.2 cm³/mol. The maximum atomic E-state index is 11.6. The highest BCUT2D eigenvalue weighted by atomic mass is 16.5. The van der Waals surface area contributed by atoms with Crippen molar-refractivity contribution in [2.45, 2.75) is 0 Å². The number of aromatic nitrogens is 2. The van der Waals surface area contributed by atoms with Gasteiger partial charge in [-0.2, -0.15) is 4.68 Å². The standard InChI is InChI=1S/C9H7N3O2/c10-8-6-12(11-14-8)9(13)7-4-2-1-3-5-7/h1-6,10H. The Kier molecular flexibility index (Phi) is 1.98. The van der Waals surface area contributed by atoms with Crippen molar-refractivity contribution in [1.82, 2.24) is 5.27 Å². The van der Waals surface area contributed by atoms with E-state index in [1.807, 2.05) is 6.07 Å². The van der Waals surface area contributed by atoms with Crippen molar-refractivity contribution in [1.29, 1.82) is 5.41 Å². The topological polar surface area (TPSA) is 72.0 Å². The molecule has 1 N–H and O–H groups in total. The molecule has 1 aromatic heterocycles. The van der Waals surface area contributed by atoms with Crippen LogP contribution in [-0.4, -0.2) is 5.91 Å². The summed E-state index contributed by atoms with van der Waals surface area (Å²) in [5.74, 6) is -0.312. The van der Waals surface area contributed by atoms with E-state index in [0.29, 0.717) is 5.56 Å². The van der Waals surface area contributed by atoms with Crippen LogP contribution in [0.1, 0.15) is 10.4 Å². The number of carbonyl (C=O) groups excluding carboxylic acids is 1. The predicted octanol–water partition coefficient (Wildman–Crippen LogP) is -0.308. The number of rotatable bonds is 1. The molecule has 0 radical (unpaired) electrons. The molecule has 70 valence electrons. The van der Waals surface area contributed by atoms with Gasteiger partial charge in [0.2, 0.25) is 6.20 Å². The molecule has 0 aliphatic carbocycles. The maximum absolute atomic E-state index is 11.6. The Morgan fingerprint density at radius 1 is 1.36 bits per heavy atom. The molecule has 0 aliphatic heterocycles. The molecule has 0 saturated heterocycles. The summed E-state index contributed by atoms with van der Waals surface area (Å²) in [5.41, 5.74) is 0.361. The lowest BCUT2D eigenvalue weighted by Crippen LogP contribution is -2.45. The molecule has 0 atom stereocenters. The quantitative estimate of drug-likeness (QED) is 0.625. The average molecular weight is 189 g/mol. The number of hydrogen-bond donors (Lipinski definition) is 1. The summed E-state index contributed by atoms with van der Waals surface area (Å²) < 4.78 is 5.46. The molecule has 2 aromatic rings. The van der Waals surface area contributed by atoms with Gasteiger partial charge in [-0.15, -0.1) is 0 Å². The molecule has 5 heteroatoms. The van der Waals surface area contributed by atoms with Crippen molar-refractivity contribution in [2.24, 2.45) is 0 Å². The normalized spacial score (nSPS) is 10.0. The van der Waals surface area contributed by atoms with Crippen molar-refractivity contribution >= 4 is 5.91 Å². The SMILES string of the molecule is N=c1c[n+](C(=O)c2ccccc2)[n-]o1. The van der Waals surface area contributed by atoms with Crippen LogP contribution in [0.3, 0.4) is 0 Å². The van der Waals surface area contributed by atoms with Crippen LogP contribution in [0.5, 0.6) is 0 Å². The summed E-state index contributed by atoms with van der Waals surface area (Å²) in [4.78, 5) is 11.6. The molecule has 0 amide bonds. The third kappa shape index (κ3) is 1.47. The Labute approximate surface area is 79.1 Å². The second-order valence-electron chi connectivity index (χ2n) is 2.68. The van der Waals surface area contributed by atoms with Gasteiger partial charge in [-0.1, -0.05) is 18.2 Å². The third-order valence-electron chi connectivity index (χ3n) is 1.70. The highest BCUT2D eigenvalue weighted by Crippen LogP contribution is 1.96. The molecule has 1 heterocycles. The lowest BCUT2D eigenvalue weighted by molar-refractivity contribution is -0.651. The molecule has 0 saturated carbocycles. The van der Waals surface area contributed by atoms with E-state index in [4.69, 9.17) is 5.41 Å². The molecular formula is C9H7N3O2. The van der Waals surface area contributed by atoms with Crippen LogP contribution in [0.4, 0.5) is 0 Å². The first-order valence-corrected chi connectivity index (χ1v) is 3.97. The summed E-state index contributed by atoms with van der Waals surface area (Å²) >= 11 is 0. The molecule has 0 unspecified atom stereocenters. The van der Waals surface area contributed by atoms with Gasteiger partial charge in [0.05, 0.1) is 5.56 Å². The van der Waals surface area contributed by atoms with E-state index in [1.54, 1.807) is 24.3 Å². The molecule has 5 nitrogen and oxygen atoms in total. The number of nitrogens with zero attached hydrogens (tertiary/aromatic N) is 2. The van der Waals surface area contributed by atoms with Gasteiger partial charge >= 0.3 is 5.91 Å². The van der Waals surface area contributed by atoms with Crippen LogP contribution in [0.15, 0.2) is 41.1 Å². The zero-order chi connectivity index (χ0) is 9.97. The van der Waals surface area contributed by atoms with Crippen molar-refractivity contribution in [3.8, 4) is 0 Å². The second-order valence-corrected chi connectivity index (χ2v) is 2.68. The summed E-state index contributed by atoms with van der Waals surface area (Å²) in [6.07, 6.45) is 1.22. The molecule has 2 rings (SSSR count). The number of carbonyl (C=O) groups is 1. The first kappa shape index (κ1) is 8.43. The fraction of sp³-hybridized carbons (Fsp3) is 0. The van der Waals surface area contributed by atoms with Gasteiger partial charge in [0.15, 0.2) is 0 Å².